The van der Waals surface area contributed by atoms with Crippen LogP contribution in [0.4, 0.5) is 0 Å². The number of hydrogen-bond donors (Lipinski definition) is 2. The number of rotatable bonds is 6. The first-order chi connectivity index (χ1) is 6.11. The fraction of sp³-hybridized carbons (Fsp3) is 0.889. The molecule has 0 rings (SSSR count). The van der Waals surface area contributed by atoms with Crippen LogP contribution in [-0.2, 0) is 9.53 Å². The Hall–Kier alpha value is -0.610. The lowest BCUT2D eigenvalue weighted by Gasteiger charge is -2.20. The van der Waals surface area contributed by atoms with E-state index in [4.69, 9.17) is 10.5 Å². The van der Waals surface area contributed by atoms with Gasteiger partial charge in [0.25, 0.3) is 0 Å². The number of hydrogen-bond acceptors (Lipinski definition) is 3. The van der Waals surface area contributed by atoms with E-state index in [1.165, 1.54) is 0 Å². The second-order valence-corrected chi connectivity index (χ2v) is 3.40. The number of nitrogens with two attached hydrogens (primary N) is 1. The van der Waals surface area contributed by atoms with Gasteiger partial charge >= 0.3 is 0 Å². The molecule has 0 radical (unpaired) electrons. The average Bonchev–Trinajstić information content (AvgIpc) is 2.10. The van der Waals surface area contributed by atoms with Crippen LogP contribution in [-0.4, -0.2) is 32.2 Å². The molecule has 0 bridgehead atoms. The smallest absolute Gasteiger partial charge is 0.222 e. The maximum absolute atomic E-state index is 11.2. The minimum atomic E-state index is 0.00556. The number of ether oxygens (including phenoxy) is 1. The molecule has 0 aliphatic rings. The van der Waals surface area contributed by atoms with Crippen LogP contribution in [0.3, 0.4) is 0 Å². The topological polar surface area (TPSA) is 64.3 Å². The van der Waals surface area contributed by atoms with Gasteiger partial charge in [-0.25, -0.2) is 0 Å². The quantitative estimate of drug-likeness (QED) is 0.622. The highest BCUT2D eigenvalue weighted by atomic mass is 16.5. The fourth-order valence-electron chi connectivity index (χ4n) is 0.971. The Kier molecular flexibility index (Phi) is 6.54. The lowest BCUT2D eigenvalue weighted by atomic mass is 10.0. The van der Waals surface area contributed by atoms with Crippen LogP contribution in [0.2, 0.25) is 0 Å². The molecular formula is C9H20N2O2. The largest absolute Gasteiger partial charge is 0.384 e. The molecule has 1 unspecified atom stereocenters. The predicted octanol–water partition coefficient (Wildman–Crippen LogP) is 0.122. The molecule has 13 heavy (non-hydrogen) atoms. The molecule has 0 aromatic rings. The number of nitrogens with one attached hydrogen (secondary N) is 1. The van der Waals surface area contributed by atoms with Crippen LogP contribution < -0.4 is 11.1 Å². The zero-order chi connectivity index (χ0) is 10.3. The summed E-state index contributed by atoms with van der Waals surface area (Å²) in [6, 6.07) is 0.0735. The molecule has 0 fully saturated rings. The van der Waals surface area contributed by atoms with E-state index < -0.39 is 0 Å². The molecule has 4 nitrogen and oxygen atoms in total. The normalized spacial score (nSPS) is 13.0. The van der Waals surface area contributed by atoms with Crippen LogP contribution in [0.25, 0.3) is 0 Å². The van der Waals surface area contributed by atoms with Crippen LogP contribution in [0.1, 0.15) is 20.3 Å². The van der Waals surface area contributed by atoms with Crippen LogP contribution >= 0.6 is 0 Å². The van der Waals surface area contributed by atoms with Gasteiger partial charge in [-0.15, -0.1) is 0 Å². The van der Waals surface area contributed by atoms with Crippen molar-refractivity contribution >= 4 is 5.91 Å². The van der Waals surface area contributed by atoms with E-state index in [2.05, 4.69) is 5.32 Å². The number of carbonyl (C=O) groups is 1. The standard InChI is InChI=1S/C9H20N2O2/c1-7(2)8(6-10)11-9(12)4-5-13-3/h7-8H,4-6,10H2,1-3H3,(H,11,12). The molecule has 4 heteroatoms. The van der Waals surface area contributed by atoms with E-state index in [1.807, 2.05) is 13.8 Å². The molecule has 0 aromatic heterocycles. The van der Waals surface area contributed by atoms with Gasteiger partial charge in [-0.05, 0) is 5.92 Å². The minimum Gasteiger partial charge on any atom is -0.384 e. The van der Waals surface area contributed by atoms with Crippen molar-refractivity contribution in [1.29, 1.82) is 0 Å². The molecule has 0 aliphatic heterocycles. The summed E-state index contributed by atoms with van der Waals surface area (Å²) in [4.78, 5) is 11.2. The van der Waals surface area contributed by atoms with Crippen molar-refractivity contribution in [2.45, 2.75) is 26.3 Å². The fourth-order valence-corrected chi connectivity index (χ4v) is 0.971. The first kappa shape index (κ1) is 12.4. The zero-order valence-corrected chi connectivity index (χ0v) is 8.67. The molecular weight excluding hydrogens is 168 g/mol. The third-order valence-electron chi connectivity index (χ3n) is 1.94. The second kappa shape index (κ2) is 6.86. The van der Waals surface area contributed by atoms with Crippen molar-refractivity contribution in [2.24, 2.45) is 11.7 Å². The van der Waals surface area contributed by atoms with Gasteiger partial charge in [0.15, 0.2) is 0 Å². The lowest BCUT2D eigenvalue weighted by molar-refractivity contribution is -0.122. The zero-order valence-electron chi connectivity index (χ0n) is 8.67. The maximum atomic E-state index is 11.2. The Balaban J connectivity index is 3.73. The molecule has 0 aliphatic carbocycles. The van der Waals surface area contributed by atoms with Crippen molar-refractivity contribution in [3.63, 3.8) is 0 Å². The Labute approximate surface area is 79.8 Å². The van der Waals surface area contributed by atoms with E-state index in [1.54, 1.807) is 7.11 Å². The van der Waals surface area contributed by atoms with Gasteiger partial charge in [0.1, 0.15) is 0 Å². The van der Waals surface area contributed by atoms with Gasteiger partial charge in [-0.1, -0.05) is 13.8 Å². The molecule has 0 heterocycles. The third kappa shape index (κ3) is 5.60. The monoisotopic (exact) mass is 188 g/mol. The van der Waals surface area contributed by atoms with Crippen molar-refractivity contribution in [2.75, 3.05) is 20.3 Å². The summed E-state index contributed by atoms with van der Waals surface area (Å²) in [5.41, 5.74) is 5.50. The molecule has 0 spiro atoms. The van der Waals surface area contributed by atoms with Crippen LogP contribution in [0.15, 0.2) is 0 Å². The number of amides is 1. The SMILES string of the molecule is COCCC(=O)NC(CN)C(C)C. The minimum absolute atomic E-state index is 0.00556. The molecule has 0 saturated heterocycles. The summed E-state index contributed by atoms with van der Waals surface area (Å²) in [5.74, 6) is 0.377. The molecule has 3 N–H and O–H groups in total. The Morgan fingerprint density at radius 1 is 1.54 bits per heavy atom. The summed E-state index contributed by atoms with van der Waals surface area (Å²) in [6.07, 6.45) is 0.403. The first-order valence-corrected chi connectivity index (χ1v) is 4.60. The number of methoxy groups -OCH3 is 1. The number of carbonyl (C=O) groups excluding carboxylic acids is 1. The maximum Gasteiger partial charge on any atom is 0.222 e. The van der Waals surface area contributed by atoms with Crippen molar-refractivity contribution < 1.29 is 9.53 Å². The van der Waals surface area contributed by atoms with Crippen molar-refractivity contribution in [3.8, 4) is 0 Å². The average molecular weight is 188 g/mol. The highest BCUT2D eigenvalue weighted by Gasteiger charge is 2.13. The van der Waals surface area contributed by atoms with Gasteiger partial charge in [-0.3, -0.25) is 4.79 Å². The van der Waals surface area contributed by atoms with E-state index >= 15 is 0 Å². The summed E-state index contributed by atoms with van der Waals surface area (Å²) in [5, 5.41) is 2.86. The predicted molar refractivity (Wildman–Crippen MR) is 52.3 cm³/mol. The van der Waals surface area contributed by atoms with Crippen molar-refractivity contribution in [1.82, 2.24) is 5.32 Å². The van der Waals surface area contributed by atoms with Crippen LogP contribution in [0.5, 0.6) is 0 Å². The van der Waals surface area contributed by atoms with Gasteiger partial charge in [0.2, 0.25) is 5.91 Å². The summed E-state index contributed by atoms with van der Waals surface area (Å²) in [6.45, 7) is 5.01. The summed E-state index contributed by atoms with van der Waals surface area (Å²) < 4.78 is 4.80. The van der Waals surface area contributed by atoms with Gasteiger partial charge in [0, 0.05) is 26.1 Å². The van der Waals surface area contributed by atoms with Gasteiger partial charge in [-0.2, -0.15) is 0 Å². The van der Waals surface area contributed by atoms with Gasteiger partial charge in [0.05, 0.1) is 6.61 Å². The summed E-state index contributed by atoms with van der Waals surface area (Å²) in [7, 11) is 1.58. The van der Waals surface area contributed by atoms with E-state index in [-0.39, 0.29) is 11.9 Å². The highest BCUT2D eigenvalue weighted by molar-refractivity contribution is 5.76. The van der Waals surface area contributed by atoms with Crippen LogP contribution in [0, 0.1) is 5.92 Å². The molecule has 1 amide bonds. The second-order valence-electron chi connectivity index (χ2n) is 3.40. The Morgan fingerprint density at radius 3 is 2.54 bits per heavy atom. The van der Waals surface area contributed by atoms with Crippen molar-refractivity contribution in [3.05, 3.63) is 0 Å². The third-order valence-corrected chi connectivity index (χ3v) is 1.94. The van der Waals surface area contributed by atoms with Gasteiger partial charge < -0.3 is 15.8 Å². The molecule has 0 aromatic carbocycles. The first-order valence-electron chi connectivity index (χ1n) is 4.60. The van der Waals surface area contributed by atoms with E-state index in [0.717, 1.165) is 0 Å². The molecule has 78 valence electrons. The van der Waals surface area contributed by atoms with E-state index in [0.29, 0.717) is 25.5 Å². The Morgan fingerprint density at radius 2 is 2.15 bits per heavy atom. The molecule has 0 saturated carbocycles. The Bertz CT molecular complexity index is 149. The lowest BCUT2D eigenvalue weighted by Crippen LogP contribution is -2.43. The summed E-state index contributed by atoms with van der Waals surface area (Å²) >= 11 is 0. The highest BCUT2D eigenvalue weighted by Crippen LogP contribution is 1.99. The van der Waals surface area contributed by atoms with E-state index in [9.17, 15) is 4.79 Å². The molecule has 1 atom stereocenters.